The molecule has 0 radical (unpaired) electrons. The first-order chi connectivity index (χ1) is 7.51. The molecule has 0 atom stereocenters. The molecule has 1 heterocycles. The average Bonchev–Trinajstić information content (AvgIpc) is 2.60. The van der Waals surface area contributed by atoms with Crippen molar-refractivity contribution in [3.8, 4) is 0 Å². The van der Waals surface area contributed by atoms with Crippen LogP contribution in [0.1, 0.15) is 18.9 Å². The van der Waals surface area contributed by atoms with Crippen molar-refractivity contribution in [1.82, 2.24) is 15.3 Å². The number of hydrogen-bond acceptors (Lipinski definition) is 3. The lowest BCUT2D eigenvalue weighted by Crippen LogP contribution is -2.24. The molecule has 0 unspecified atom stereocenters. The van der Waals surface area contributed by atoms with Gasteiger partial charge in [0, 0.05) is 24.8 Å². The van der Waals surface area contributed by atoms with E-state index < -0.39 is 12.8 Å². The van der Waals surface area contributed by atoms with E-state index in [1.807, 2.05) is 6.92 Å². The number of alkyl halides is 3. The molecule has 1 rings (SSSR count). The van der Waals surface area contributed by atoms with E-state index in [0.717, 1.165) is 18.5 Å². The van der Waals surface area contributed by atoms with Crippen LogP contribution >= 0.6 is 0 Å². The molecule has 0 amide bonds. The SMILES string of the molecule is CCCn1cc(CNOCC(F)(F)F)cn1. The van der Waals surface area contributed by atoms with Gasteiger partial charge in [-0.15, -0.1) is 0 Å². The van der Waals surface area contributed by atoms with Crippen molar-refractivity contribution in [1.29, 1.82) is 0 Å². The minimum Gasteiger partial charge on any atom is -0.292 e. The predicted molar refractivity (Wildman–Crippen MR) is 51.4 cm³/mol. The van der Waals surface area contributed by atoms with Crippen LogP contribution in [0.25, 0.3) is 0 Å². The minimum absolute atomic E-state index is 0.208. The van der Waals surface area contributed by atoms with Crippen molar-refractivity contribution in [2.75, 3.05) is 6.61 Å². The summed E-state index contributed by atoms with van der Waals surface area (Å²) in [5.74, 6) is 0. The van der Waals surface area contributed by atoms with E-state index in [2.05, 4.69) is 15.4 Å². The second-order valence-corrected chi connectivity index (χ2v) is 3.34. The third-order valence-electron chi connectivity index (χ3n) is 1.75. The monoisotopic (exact) mass is 237 g/mol. The summed E-state index contributed by atoms with van der Waals surface area (Å²) in [5.41, 5.74) is 3.03. The second-order valence-electron chi connectivity index (χ2n) is 3.34. The van der Waals surface area contributed by atoms with E-state index >= 15 is 0 Å². The Morgan fingerprint density at radius 3 is 2.88 bits per heavy atom. The molecule has 16 heavy (non-hydrogen) atoms. The van der Waals surface area contributed by atoms with E-state index in [9.17, 15) is 13.2 Å². The molecule has 4 nitrogen and oxygen atoms in total. The molecular formula is C9H14F3N3O. The summed E-state index contributed by atoms with van der Waals surface area (Å²) in [7, 11) is 0. The smallest absolute Gasteiger partial charge is 0.292 e. The Kier molecular flexibility index (Phi) is 4.75. The van der Waals surface area contributed by atoms with Crippen molar-refractivity contribution in [2.24, 2.45) is 0 Å². The van der Waals surface area contributed by atoms with Crippen molar-refractivity contribution in [2.45, 2.75) is 32.6 Å². The molecule has 0 saturated heterocycles. The number of aromatic nitrogens is 2. The highest BCUT2D eigenvalue weighted by atomic mass is 19.4. The maximum atomic E-state index is 11.7. The molecular weight excluding hydrogens is 223 g/mol. The van der Waals surface area contributed by atoms with E-state index in [0.29, 0.717) is 0 Å². The molecule has 0 spiro atoms. The summed E-state index contributed by atoms with van der Waals surface area (Å²) in [5, 5.41) is 4.03. The second kappa shape index (κ2) is 5.86. The van der Waals surface area contributed by atoms with Crippen molar-refractivity contribution in [3.63, 3.8) is 0 Å². The molecule has 0 aliphatic rings. The number of hydroxylamine groups is 1. The first-order valence-corrected chi connectivity index (χ1v) is 4.94. The maximum Gasteiger partial charge on any atom is 0.413 e. The topological polar surface area (TPSA) is 39.1 Å². The van der Waals surface area contributed by atoms with Crippen LogP contribution in [0.2, 0.25) is 0 Å². The highest BCUT2D eigenvalue weighted by molar-refractivity contribution is 5.02. The van der Waals surface area contributed by atoms with Gasteiger partial charge in [-0.25, -0.2) is 0 Å². The molecule has 0 bridgehead atoms. The number of halogens is 3. The lowest BCUT2D eigenvalue weighted by molar-refractivity contribution is -0.190. The zero-order valence-electron chi connectivity index (χ0n) is 8.92. The van der Waals surface area contributed by atoms with Gasteiger partial charge >= 0.3 is 6.18 Å². The highest BCUT2D eigenvalue weighted by Gasteiger charge is 2.27. The fraction of sp³-hybridized carbons (Fsp3) is 0.667. The Labute approximate surface area is 91.3 Å². The molecule has 1 aromatic heterocycles. The number of nitrogens with one attached hydrogen (secondary N) is 1. The van der Waals surface area contributed by atoms with E-state index in [1.165, 1.54) is 0 Å². The Hall–Kier alpha value is -1.08. The third kappa shape index (κ3) is 5.13. The third-order valence-corrected chi connectivity index (χ3v) is 1.75. The zero-order valence-corrected chi connectivity index (χ0v) is 8.92. The van der Waals surface area contributed by atoms with Crippen LogP contribution in [0.5, 0.6) is 0 Å². The summed E-state index contributed by atoms with van der Waals surface area (Å²) in [4.78, 5) is 4.26. The van der Waals surface area contributed by atoms with E-state index in [-0.39, 0.29) is 6.54 Å². The first kappa shape index (κ1) is 13.0. The number of hydrogen-bond donors (Lipinski definition) is 1. The molecule has 0 aromatic carbocycles. The van der Waals surface area contributed by atoms with Crippen molar-refractivity contribution >= 4 is 0 Å². The number of aryl methyl sites for hydroxylation is 1. The van der Waals surface area contributed by atoms with Gasteiger partial charge in [0.2, 0.25) is 0 Å². The zero-order chi connectivity index (χ0) is 12.0. The van der Waals surface area contributed by atoms with Crippen LogP contribution < -0.4 is 5.48 Å². The summed E-state index contributed by atoms with van der Waals surface area (Å²) in [6, 6.07) is 0. The van der Waals surface area contributed by atoms with E-state index in [4.69, 9.17) is 0 Å². The molecule has 7 heteroatoms. The summed E-state index contributed by atoms with van der Waals surface area (Å²) in [6.45, 7) is 1.73. The van der Waals surface area contributed by atoms with Gasteiger partial charge in [0.1, 0.15) is 0 Å². The highest BCUT2D eigenvalue weighted by Crippen LogP contribution is 2.13. The van der Waals surface area contributed by atoms with Crippen LogP contribution in [-0.2, 0) is 17.9 Å². The minimum atomic E-state index is -4.31. The van der Waals surface area contributed by atoms with Crippen LogP contribution in [0, 0.1) is 0 Å². The Bertz CT molecular complexity index is 311. The first-order valence-electron chi connectivity index (χ1n) is 4.94. The van der Waals surface area contributed by atoms with Gasteiger partial charge in [0.05, 0.1) is 6.20 Å². The van der Waals surface area contributed by atoms with Crippen LogP contribution in [0.15, 0.2) is 12.4 Å². The summed E-state index contributed by atoms with van der Waals surface area (Å²) >= 11 is 0. The lowest BCUT2D eigenvalue weighted by atomic mass is 10.4. The molecule has 0 fully saturated rings. The molecule has 0 aliphatic heterocycles. The van der Waals surface area contributed by atoms with Gasteiger partial charge in [-0.2, -0.15) is 23.8 Å². The maximum absolute atomic E-state index is 11.7. The van der Waals surface area contributed by atoms with E-state index in [1.54, 1.807) is 17.1 Å². The predicted octanol–water partition coefficient (Wildman–Crippen LogP) is 1.88. The molecule has 1 aromatic rings. The van der Waals surface area contributed by atoms with Gasteiger partial charge in [-0.1, -0.05) is 6.92 Å². The quantitative estimate of drug-likeness (QED) is 0.606. The van der Waals surface area contributed by atoms with Gasteiger partial charge < -0.3 is 0 Å². The summed E-state index contributed by atoms with van der Waals surface area (Å²) in [6.07, 6.45) is 0.0194. The molecule has 0 aliphatic carbocycles. The van der Waals surface area contributed by atoms with Crippen LogP contribution in [0.4, 0.5) is 13.2 Å². The average molecular weight is 237 g/mol. The lowest BCUT2D eigenvalue weighted by Gasteiger charge is -2.07. The Balaban J connectivity index is 2.21. The van der Waals surface area contributed by atoms with Crippen LogP contribution in [0.3, 0.4) is 0 Å². The Morgan fingerprint density at radius 1 is 1.50 bits per heavy atom. The molecule has 1 N–H and O–H groups in total. The molecule has 92 valence electrons. The Morgan fingerprint density at radius 2 is 2.25 bits per heavy atom. The molecule has 0 saturated carbocycles. The summed E-state index contributed by atoms with van der Waals surface area (Å²) < 4.78 is 36.9. The van der Waals surface area contributed by atoms with Gasteiger partial charge in [-0.05, 0) is 6.42 Å². The fourth-order valence-corrected chi connectivity index (χ4v) is 1.12. The standard InChI is InChI=1S/C9H14F3N3O/c1-2-3-15-6-8(4-13-15)5-14-16-7-9(10,11)12/h4,6,14H,2-3,5,7H2,1H3. The fourth-order valence-electron chi connectivity index (χ4n) is 1.12. The van der Waals surface area contributed by atoms with Crippen molar-refractivity contribution < 1.29 is 18.0 Å². The largest absolute Gasteiger partial charge is 0.413 e. The normalized spacial score (nSPS) is 12.0. The number of nitrogens with zero attached hydrogens (tertiary/aromatic N) is 2. The van der Waals surface area contributed by atoms with Crippen molar-refractivity contribution in [3.05, 3.63) is 18.0 Å². The number of rotatable bonds is 6. The van der Waals surface area contributed by atoms with Gasteiger partial charge in [0.15, 0.2) is 6.61 Å². The van der Waals surface area contributed by atoms with Gasteiger partial charge in [0.25, 0.3) is 0 Å². The van der Waals surface area contributed by atoms with Crippen LogP contribution in [-0.4, -0.2) is 22.6 Å². The van der Waals surface area contributed by atoms with Gasteiger partial charge in [-0.3, -0.25) is 9.52 Å².